The minimum atomic E-state index is -0.201. The van der Waals surface area contributed by atoms with Crippen LogP contribution in [-0.4, -0.2) is 28.7 Å². The summed E-state index contributed by atoms with van der Waals surface area (Å²) in [5, 5.41) is 21.4. The van der Waals surface area contributed by atoms with Crippen LogP contribution in [0.5, 0.6) is 0 Å². The molecule has 0 saturated heterocycles. The summed E-state index contributed by atoms with van der Waals surface area (Å²) in [6, 6.07) is 0. The summed E-state index contributed by atoms with van der Waals surface area (Å²) in [4.78, 5) is 11.1. The fourth-order valence-corrected chi connectivity index (χ4v) is 8.49. The van der Waals surface area contributed by atoms with Gasteiger partial charge < -0.3 is 15.0 Å². The molecule has 0 radical (unpaired) electrons. The van der Waals surface area contributed by atoms with Crippen molar-refractivity contribution in [1.29, 1.82) is 0 Å². The average molecular weight is 363 g/mol. The first kappa shape index (κ1) is 18.9. The molecule has 0 amide bonds. The summed E-state index contributed by atoms with van der Waals surface area (Å²) in [6.45, 7) is 7.20. The highest BCUT2D eigenvalue weighted by atomic mass is 16.3. The SMILES string of the molecule is C[C@H](CC=O)C1CCC2C3C(O)CC4C[C@H](O)CC[C@]4(C)C3CC[C@@]21C. The van der Waals surface area contributed by atoms with Gasteiger partial charge in [-0.2, -0.15) is 0 Å². The average Bonchev–Trinajstić information content (AvgIpc) is 2.94. The molecule has 4 saturated carbocycles. The Morgan fingerprint density at radius 3 is 2.42 bits per heavy atom. The number of fused-ring (bicyclic) bond motifs is 5. The van der Waals surface area contributed by atoms with Crippen LogP contribution in [-0.2, 0) is 4.79 Å². The molecule has 148 valence electrons. The van der Waals surface area contributed by atoms with Crippen molar-refractivity contribution in [2.24, 2.45) is 46.3 Å². The second kappa shape index (κ2) is 6.58. The zero-order valence-electron chi connectivity index (χ0n) is 16.9. The van der Waals surface area contributed by atoms with E-state index in [9.17, 15) is 15.0 Å². The predicted molar refractivity (Wildman–Crippen MR) is 102 cm³/mol. The highest BCUT2D eigenvalue weighted by Crippen LogP contribution is 2.68. The van der Waals surface area contributed by atoms with Crippen molar-refractivity contribution in [2.45, 2.75) is 90.8 Å². The molecule has 4 rings (SSSR count). The standard InChI is InChI=1S/C23H38O3/c1-14(8-11-24)17-4-5-18-21-19(7-10-23(17,18)3)22(2)9-6-16(25)12-15(22)13-20(21)26/h11,14-21,25-26H,4-10,12-13H2,1-3H3/t14-,15?,16-,17?,18?,19?,20?,21?,22+,23-/m1/s1. The van der Waals surface area contributed by atoms with Gasteiger partial charge in [0.15, 0.2) is 0 Å². The molecule has 0 aromatic heterocycles. The summed E-state index contributed by atoms with van der Waals surface area (Å²) in [7, 11) is 0. The van der Waals surface area contributed by atoms with E-state index in [2.05, 4.69) is 20.8 Å². The number of hydrogen-bond donors (Lipinski definition) is 2. The van der Waals surface area contributed by atoms with Crippen LogP contribution in [0.1, 0.15) is 78.6 Å². The largest absolute Gasteiger partial charge is 0.393 e. The van der Waals surface area contributed by atoms with Gasteiger partial charge in [-0.1, -0.05) is 20.8 Å². The molecule has 2 N–H and O–H groups in total. The summed E-state index contributed by atoms with van der Waals surface area (Å²) in [5.74, 6) is 3.23. The van der Waals surface area contributed by atoms with Gasteiger partial charge in [-0.05, 0) is 97.7 Å². The first-order valence-electron chi connectivity index (χ1n) is 11.1. The molecular formula is C23H38O3. The Balaban J connectivity index is 1.61. The third-order valence-corrected chi connectivity index (χ3v) is 9.88. The van der Waals surface area contributed by atoms with E-state index in [0.717, 1.165) is 32.0 Å². The molecule has 6 unspecified atom stereocenters. The number of aldehydes is 1. The third kappa shape index (κ3) is 2.64. The van der Waals surface area contributed by atoms with Crippen LogP contribution >= 0.6 is 0 Å². The minimum Gasteiger partial charge on any atom is -0.393 e. The number of aliphatic hydroxyl groups excluding tert-OH is 2. The van der Waals surface area contributed by atoms with E-state index in [0.29, 0.717) is 52.8 Å². The maximum Gasteiger partial charge on any atom is 0.120 e. The van der Waals surface area contributed by atoms with Gasteiger partial charge in [0.05, 0.1) is 12.2 Å². The van der Waals surface area contributed by atoms with Gasteiger partial charge in [-0.15, -0.1) is 0 Å². The lowest BCUT2D eigenvalue weighted by atomic mass is 9.43. The molecule has 3 heteroatoms. The summed E-state index contributed by atoms with van der Waals surface area (Å²) in [6.07, 6.45) is 10.2. The second-order valence-corrected chi connectivity index (χ2v) is 10.8. The van der Waals surface area contributed by atoms with Crippen LogP contribution in [0.15, 0.2) is 0 Å². The Kier molecular flexibility index (Phi) is 4.79. The molecule has 26 heavy (non-hydrogen) atoms. The van der Waals surface area contributed by atoms with Crippen molar-refractivity contribution in [2.75, 3.05) is 0 Å². The lowest BCUT2D eigenvalue weighted by molar-refractivity contribution is -0.174. The lowest BCUT2D eigenvalue weighted by Crippen LogP contribution is -2.58. The van der Waals surface area contributed by atoms with Gasteiger partial charge >= 0.3 is 0 Å². The van der Waals surface area contributed by atoms with Crippen molar-refractivity contribution in [3.63, 3.8) is 0 Å². The van der Waals surface area contributed by atoms with E-state index < -0.39 is 0 Å². The highest BCUT2D eigenvalue weighted by Gasteiger charge is 2.62. The quantitative estimate of drug-likeness (QED) is 0.740. The molecule has 4 aliphatic rings. The molecule has 0 aromatic rings. The van der Waals surface area contributed by atoms with E-state index in [4.69, 9.17) is 0 Å². The van der Waals surface area contributed by atoms with Gasteiger partial charge in [0.25, 0.3) is 0 Å². The minimum absolute atomic E-state index is 0.161. The maximum atomic E-state index is 11.2. The van der Waals surface area contributed by atoms with Gasteiger partial charge in [0.1, 0.15) is 6.29 Å². The Labute approximate surface area is 158 Å². The monoisotopic (exact) mass is 362 g/mol. The topological polar surface area (TPSA) is 57.5 Å². The fraction of sp³-hybridized carbons (Fsp3) is 0.957. The van der Waals surface area contributed by atoms with Crippen molar-refractivity contribution >= 4 is 6.29 Å². The Bertz CT molecular complexity index is 548. The third-order valence-electron chi connectivity index (χ3n) is 9.88. The van der Waals surface area contributed by atoms with Crippen LogP contribution < -0.4 is 0 Å². The number of carbonyl (C=O) groups excluding carboxylic acids is 1. The van der Waals surface area contributed by atoms with E-state index in [1.54, 1.807) is 0 Å². The number of rotatable bonds is 3. The molecule has 0 heterocycles. The Hall–Kier alpha value is -0.410. The summed E-state index contributed by atoms with van der Waals surface area (Å²) in [5.41, 5.74) is 0.596. The van der Waals surface area contributed by atoms with Crippen molar-refractivity contribution in [1.82, 2.24) is 0 Å². The van der Waals surface area contributed by atoms with E-state index in [-0.39, 0.29) is 12.2 Å². The van der Waals surface area contributed by atoms with Gasteiger partial charge in [0, 0.05) is 6.42 Å². The van der Waals surface area contributed by atoms with Crippen LogP contribution in [0.4, 0.5) is 0 Å². The van der Waals surface area contributed by atoms with Gasteiger partial charge in [-0.25, -0.2) is 0 Å². The second-order valence-electron chi connectivity index (χ2n) is 10.8. The number of carbonyl (C=O) groups is 1. The van der Waals surface area contributed by atoms with E-state index >= 15 is 0 Å². The molecule has 0 aliphatic heterocycles. The van der Waals surface area contributed by atoms with Crippen molar-refractivity contribution < 1.29 is 15.0 Å². The van der Waals surface area contributed by atoms with Crippen LogP contribution in [0.25, 0.3) is 0 Å². The number of aliphatic hydroxyl groups is 2. The van der Waals surface area contributed by atoms with Crippen LogP contribution in [0.3, 0.4) is 0 Å². The highest BCUT2D eigenvalue weighted by molar-refractivity contribution is 5.49. The number of hydrogen-bond acceptors (Lipinski definition) is 3. The molecule has 4 fully saturated rings. The molecule has 3 nitrogen and oxygen atoms in total. The molecule has 0 bridgehead atoms. The first-order valence-corrected chi connectivity index (χ1v) is 11.1. The Morgan fingerprint density at radius 1 is 1.00 bits per heavy atom. The molecule has 0 spiro atoms. The maximum absolute atomic E-state index is 11.2. The molecule has 0 aromatic carbocycles. The predicted octanol–water partition coefficient (Wildman–Crippen LogP) is 4.20. The normalized spacial score (nSPS) is 54.7. The summed E-state index contributed by atoms with van der Waals surface area (Å²) < 4.78 is 0. The lowest BCUT2D eigenvalue weighted by Gasteiger charge is -2.62. The Morgan fingerprint density at radius 2 is 1.69 bits per heavy atom. The zero-order valence-corrected chi connectivity index (χ0v) is 16.9. The smallest absolute Gasteiger partial charge is 0.120 e. The molecule has 4 aliphatic carbocycles. The van der Waals surface area contributed by atoms with Crippen molar-refractivity contribution in [3.8, 4) is 0 Å². The van der Waals surface area contributed by atoms with E-state index in [1.807, 2.05) is 0 Å². The van der Waals surface area contributed by atoms with Crippen LogP contribution in [0.2, 0.25) is 0 Å². The molecule has 10 atom stereocenters. The van der Waals surface area contributed by atoms with Gasteiger partial charge in [-0.3, -0.25) is 0 Å². The van der Waals surface area contributed by atoms with Gasteiger partial charge in [0.2, 0.25) is 0 Å². The zero-order chi connectivity index (χ0) is 18.7. The van der Waals surface area contributed by atoms with Crippen molar-refractivity contribution in [3.05, 3.63) is 0 Å². The summed E-state index contributed by atoms with van der Waals surface area (Å²) >= 11 is 0. The van der Waals surface area contributed by atoms with E-state index in [1.165, 1.54) is 25.7 Å². The molecular weight excluding hydrogens is 324 g/mol. The fourth-order valence-electron chi connectivity index (χ4n) is 8.49. The first-order chi connectivity index (χ1) is 12.3. The van der Waals surface area contributed by atoms with Crippen LogP contribution in [0, 0.1) is 46.3 Å².